The van der Waals surface area contributed by atoms with Crippen LogP contribution in [0.2, 0.25) is 0 Å². The summed E-state index contributed by atoms with van der Waals surface area (Å²) in [6.45, 7) is 12.4. The molecule has 1 unspecified atom stereocenters. The molecule has 1 atom stereocenters. The molecule has 0 heteroatoms. The topological polar surface area (TPSA) is 0 Å². The van der Waals surface area contributed by atoms with E-state index in [0.717, 1.165) is 12.3 Å². The highest BCUT2D eigenvalue weighted by Crippen LogP contribution is 2.16. The highest BCUT2D eigenvalue weighted by atomic mass is 14.1. The number of hydrogen-bond donors (Lipinski definition) is 0. The lowest BCUT2D eigenvalue weighted by Gasteiger charge is -2.12. The van der Waals surface area contributed by atoms with Gasteiger partial charge in [-0.25, -0.2) is 0 Å². The van der Waals surface area contributed by atoms with Crippen molar-refractivity contribution >= 4 is 0 Å². The molecule has 0 nitrogen and oxygen atoms in total. The van der Waals surface area contributed by atoms with E-state index in [2.05, 4.69) is 27.7 Å². The van der Waals surface area contributed by atoms with Crippen molar-refractivity contribution in [1.82, 2.24) is 0 Å². The zero-order valence-corrected chi connectivity index (χ0v) is 7.40. The van der Waals surface area contributed by atoms with Crippen LogP contribution in [-0.4, -0.2) is 0 Å². The smallest absolute Gasteiger partial charge is 0.0412 e. The Morgan fingerprint density at radius 2 is 1.90 bits per heavy atom. The molecule has 0 amide bonds. The lowest BCUT2D eigenvalue weighted by molar-refractivity contribution is 0.440. The third kappa shape index (κ3) is 6.12. The SMILES string of the molecule is [CH2]CCCC([CH2])CC(C)C. The summed E-state index contributed by atoms with van der Waals surface area (Å²) < 4.78 is 0. The lowest BCUT2D eigenvalue weighted by Crippen LogP contribution is -1.99. The normalized spacial score (nSPS) is 14.1. The second-order valence-electron chi connectivity index (χ2n) is 3.49. The molecule has 0 rings (SSSR count). The fraction of sp³-hybridized carbons (Fsp3) is 0.800. The van der Waals surface area contributed by atoms with Crippen LogP contribution in [0.3, 0.4) is 0 Å². The minimum absolute atomic E-state index is 0.654. The molecular formula is C10H20. The average molecular weight is 140 g/mol. The van der Waals surface area contributed by atoms with Crippen LogP contribution >= 0.6 is 0 Å². The summed E-state index contributed by atoms with van der Waals surface area (Å²) >= 11 is 0. The van der Waals surface area contributed by atoms with Gasteiger partial charge in [-0.05, 0) is 18.3 Å². The van der Waals surface area contributed by atoms with E-state index < -0.39 is 0 Å². The van der Waals surface area contributed by atoms with Crippen molar-refractivity contribution in [2.24, 2.45) is 11.8 Å². The van der Waals surface area contributed by atoms with Gasteiger partial charge in [0.25, 0.3) is 0 Å². The molecule has 0 aliphatic rings. The van der Waals surface area contributed by atoms with E-state index in [1.54, 1.807) is 0 Å². The second-order valence-corrected chi connectivity index (χ2v) is 3.49. The zero-order chi connectivity index (χ0) is 7.98. The van der Waals surface area contributed by atoms with Gasteiger partial charge in [-0.3, -0.25) is 0 Å². The van der Waals surface area contributed by atoms with Crippen LogP contribution in [0.4, 0.5) is 0 Å². The van der Waals surface area contributed by atoms with Crippen LogP contribution < -0.4 is 0 Å². The minimum atomic E-state index is 0.654. The molecule has 0 spiro atoms. The van der Waals surface area contributed by atoms with Gasteiger partial charge in [0.05, 0.1) is 0 Å². The number of rotatable bonds is 5. The highest BCUT2D eigenvalue weighted by molar-refractivity contribution is 4.63. The molecule has 0 bridgehead atoms. The first-order valence-corrected chi connectivity index (χ1v) is 4.29. The molecule has 0 saturated heterocycles. The second kappa shape index (κ2) is 5.76. The van der Waals surface area contributed by atoms with E-state index in [-0.39, 0.29) is 0 Å². The molecule has 0 heterocycles. The molecule has 0 aliphatic carbocycles. The number of hydrogen-bond acceptors (Lipinski definition) is 0. The largest absolute Gasteiger partial charge is 0.0628 e. The maximum atomic E-state index is 4.09. The van der Waals surface area contributed by atoms with E-state index >= 15 is 0 Å². The maximum Gasteiger partial charge on any atom is -0.0412 e. The summed E-state index contributed by atoms with van der Waals surface area (Å²) in [5, 5.41) is 0. The average Bonchev–Trinajstić information content (AvgIpc) is 1.82. The van der Waals surface area contributed by atoms with Crippen LogP contribution in [0.5, 0.6) is 0 Å². The molecule has 60 valence electrons. The molecule has 2 radical (unpaired) electrons. The van der Waals surface area contributed by atoms with Crippen molar-refractivity contribution in [2.75, 3.05) is 0 Å². The Morgan fingerprint density at radius 3 is 2.30 bits per heavy atom. The van der Waals surface area contributed by atoms with Crippen LogP contribution in [0.15, 0.2) is 0 Å². The van der Waals surface area contributed by atoms with E-state index in [4.69, 9.17) is 0 Å². The van der Waals surface area contributed by atoms with Crippen LogP contribution in [0, 0.1) is 25.7 Å². The van der Waals surface area contributed by atoms with Crippen LogP contribution in [0.1, 0.15) is 39.5 Å². The third-order valence-corrected chi connectivity index (χ3v) is 1.67. The fourth-order valence-corrected chi connectivity index (χ4v) is 1.22. The summed E-state index contributed by atoms with van der Waals surface area (Å²) in [6.07, 6.45) is 4.81. The van der Waals surface area contributed by atoms with Gasteiger partial charge < -0.3 is 0 Å². The zero-order valence-electron chi connectivity index (χ0n) is 7.40. The van der Waals surface area contributed by atoms with Crippen molar-refractivity contribution < 1.29 is 0 Å². The monoisotopic (exact) mass is 140 g/mol. The Balaban J connectivity index is 3.16. The van der Waals surface area contributed by atoms with Gasteiger partial charge in [0.2, 0.25) is 0 Å². The molecule has 0 aromatic heterocycles. The van der Waals surface area contributed by atoms with Gasteiger partial charge in [-0.2, -0.15) is 0 Å². The first-order chi connectivity index (χ1) is 4.66. The maximum absolute atomic E-state index is 4.09. The summed E-state index contributed by atoms with van der Waals surface area (Å²) in [5.74, 6) is 1.45. The quantitative estimate of drug-likeness (QED) is 0.548. The molecule has 0 aliphatic heterocycles. The Kier molecular flexibility index (Phi) is 5.76. The van der Waals surface area contributed by atoms with E-state index in [9.17, 15) is 0 Å². The summed E-state index contributed by atoms with van der Waals surface area (Å²) in [6, 6.07) is 0. The Morgan fingerprint density at radius 1 is 1.30 bits per heavy atom. The molecule has 0 fully saturated rings. The van der Waals surface area contributed by atoms with Gasteiger partial charge in [0.15, 0.2) is 0 Å². The summed E-state index contributed by atoms with van der Waals surface area (Å²) in [5.41, 5.74) is 0. The van der Waals surface area contributed by atoms with Crippen LogP contribution in [0.25, 0.3) is 0 Å². The molecule has 0 saturated carbocycles. The molecular weight excluding hydrogens is 120 g/mol. The molecule has 0 aromatic carbocycles. The summed E-state index contributed by atoms with van der Waals surface area (Å²) in [4.78, 5) is 0. The molecule has 0 aromatic rings. The molecule has 10 heavy (non-hydrogen) atoms. The van der Waals surface area contributed by atoms with E-state index in [1.165, 1.54) is 19.3 Å². The van der Waals surface area contributed by atoms with E-state index in [0.29, 0.717) is 5.92 Å². The van der Waals surface area contributed by atoms with Gasteiger partial charge >= 0.3 is 0 Å². The van der Waals surface area contributed by atoms with E-state index in [1.807, 2.05) is 0 Å². The predicted molar refractivity (Wildman–Crippen MR) is 47.5 cm³/mol. The molecule has 0 N–H and O–H groups in total. The van der Waals surface area contributed by atoms with Crippen molar-refractivity contribution in [3.8, 4) is 0 Å². The first-order valence-electron chi connectivity index (χ1n) is 4.29. The van der Waals surface area contributed by atoms with Gasteiger partial charge in [0.1, 0.15) is 0 Å². The standard InChI is InChI=1S/C10H20/c1-5-6-7-10(4)8-9(2)3/h9-10H,1,4-8H2,2-3H3. The van der Waals surface area contributed by atoms with Crippen molar-refractivity contribution in [2.45, 2.75) is 39.5 Å². The fourth-order valence-electron chi connectivity index (χ4n) is 1.22. The van der Waals surface area contributed by atoms with Crippen molar-refractivity contribution in [3.05, 3.63) is 13.8 Å². The first kappa shape index (κ1) is 10.0. The predicted octanol–water partition coefficient (Wildman–Crippen LogP) is 3.49. The summed E-state index contributed by atoms with van der Waals surface area (Å²) in [7, 11) is 0. The third-order valence-electron chi connectivity index (χ3n) is 1.67. The Hall–Kier alpha value is 0. The van der Waals surface area contributed by atoms with Gasteiger partial charge in [-0.15, -0.1) is 0 Å². The number of unbranched alkanes of at least 4 members (excludes halogenated alkanes) is 1. The van der Waals surface area contributed by atoms with Gasteiger partial charge in [-0.1, -0.05) is 47.0 Å². The van der Waals surface area contributed by atoms with Crippen LogP contribution in [-0.2, 0) is 0 Å². The van der Waals surface area contributed by atoms with Gasteiger partial charge in [0, 0.05) is 0 Å². The lowest BCUT2D eigenvalue weighted by atomic mass is 9.94. The minimum Gasteiger partial charge on any atom is -0.0628 e. The Bertz CT molecular complexity index is 64.4. The van der Waals surface area contributed by atoms with Crippen molar-refractivity contribution in [3.63, 3.8) is 0 Å². The Labute approximate surface area is 66.0 Å². The van der Waals surface area contributed by atoms with Crippen molar-refractivity contribution in [1.29, 1.82) is 0 Å². The highest BCUT2D eigenvalue weighted by Gasteiger charge is 2.03.